The van der Waals surface area contributed by atoms with E-state index >= 15 is 0 Å². The Morgan fingerprint density at radius 3 is 3.08 bits per heavy atom. The normalized spacial score (nSPS) is 10.5. The van der Waals surface area contributed by atoms with Crippen LogP contribution in [0.25, 0.3) is 0 Å². The molecule has 0 fully saturated rings. The Kier molecular flexibility index (Phi) is 2.09. The van der Waals surface area contributed by atoms with Gasteiger partial charge in [-0.2, -0.15) is 0 Å². The van der Waals surface area contributed by atoms with Gasteiger partial charge in [0.25, 0.3) is 0 Å². The maximum Gasteiger partial charge on any atom is 0.0962 e. The summed E-state index contributed by atoms with van der Waals surface area (Å²) in [5.74, 6) is 0. The van der Waals surface area contributed by atoms with E-state index in [0.717, 1.165) is 11.3 Å². The maximum absolute atomic E-state index is 5.40. The fourth-order valence-electron chi connectivity index (χ4n) is 1.08. The predicted octanol–water partition coefficient (Wildman–Crippen LogP) is 0.378. The van der Waals surface area contributed by atoms with Crippen LogP contribution in [-0.4, -0.2) is 15.0 Å². The van der Waals surface area contributed by atoms with Crippen LogP contribution in [0.4, 0.5) is 0 Å². The van der Waals surface area contributed by atoms with Crippen LogP contribution in [0.3, 0.4) is 0 Å². The standard InChI is InChI=1S/C8H10N4O/c9-3-8-5-12(11-10-8)4-7-1-2-13-6-7/h1-2,5-6H,3-4,9H2. The molecule has 0 aliphatic carbocycles. The van der Waals surface area contributed by atoms with E-state index in [-0.39, 0.29) is 0 Å². The Labute approximate surface area is 75.1 Å². The van der Waals surface area contributed by atoms with Crippen molar-refractivity contribution in [3.63, 3.8) is 0 Å². The fraction of sp³-hybridized carbons (Fsp3) is 0.250. The van der Waals surface area contributed by atoms with E-state index in [2.05, 4.69) is 10.3 Å². The molecule has 0 atom stereocenters. The monoisotopic (exact) mass is 178 g/mol. The lowest BCUT2D eigenvalue weighted by Gasteiger charge is -1.93. The molecular weight excluding hydrogens is 168 g/mol. The number of rotatable bonds is 3. The molecule has 0 amide bonds. The second-order valence-electron chi connectivity index (χ2n) is 2.74. The summed E-state index contributed by atoms with van der Waals surface area (Å²) >= 11 is 0. The fourth-order valence-corrected chi connectivity index (χ4v) is 1.08. The Morgan fingerprint density at radius 2 is 2.46 bits per heavy atom. The Balaban J connectivity index is 2.10. The van der Waals surface area contributed by atoms with E-state index in [1.807, 2.05) is 12.3 Å². The van der Waals surface area contributed by atoms with Crippen LogP contribution in [0.2, 0.25) is 0 Å². The first-order chi connectivity index (χ1) is 6.38. The first-order valence-corrected chi connectivity index (χ1v) is 3.98. The van der Waals surface area contributed by atoms with Gasteiger partial charge in [-0.15, -0.1) is 5.10 Å². The number of furan rings is 1. The van der Waals surface area contributed by atoms with Crippen molar-refractivity contribution in [1.82, 2.24) is 15.0 Å². The molecule has 68 valence electrons. The summed E-state index contributed by atoms with van der Waals surface area (Å²) in [7, 11) is 0. The van der Waals surface area contributed by atoms with E-state index < -0.39 is 0 Å². The molecule has 5 heteroatoms. The summed E-state index contributed by atoms with van der Waals surface area (Å²) in [6.45, 7) is 1.09. The average molecular weight is 178 g/mol. The van der Waals surface area contributed by atoms with Gasteiger partial charge in [0.05, 0.1) is 31.0 Å². The average Bonchev–Trinajstić information content (AvgIpc) is 2.76. The van der Waals surface area contributed by atoms with Gasteiger partial charge in [0.15, 0.2) is 0 Å². The lowest BCUT2D eigenvalue weighted by molar-refractivity contribution is 0.558. The number of hydrogen-bond donors (Lipinski definition) is 1. The van der Waals surface area contributed by atoms with E-state index in [4.69, 9.17) is 10.2 Å². The SMILES string of the molecule is NCc1cn(Cc2ccoc2)nn1. The van der Waals surface area contributed by atoms with E-state index in [9.17, 15) is 0 Å². The van der Waals surface area contributed by atoms with Gasteiger partial charge in [0, 0.05) is 12.1 Å². The molecular formula is C8H10N4O. The minimum Gasteiger partial charge on any atom is -0.472 e. The summed E-state index contributed by atoms with van der Waals surface area (Å²) in [5, 5.41) is 7.78. The van der Waals surface area contributed by atoms with Gasteiger partial charge in [-0.3, -0.25) is 0 Å². The predicted molar refractivity (Wildman–Crippen MR) is 45.7 cm³/mol. The molecule has 2 N–H and O–H groups in total. The topological polar surface area (TPSA) is 69.9 Å². The Bertz CT molecular complexity index is 365. The van der Waals surface area contributed by atoms with Crippen molar-refractivity contribution in [3.8, 4) is 0 Å². The van der Waals surface area contributed by atoms with Crippen LogP contribution in [0, 0.1) is 0 Å². The van der Waals surface area contributed by atoms with Crippen molar-refractivity contribution >= 4 is 0 Å². The highest BCUT2D eigenvalue weighted by Gasteiger charge is 1.99. The second-order valence-corrected chi connectivity index (χ2v) is 2.74. The number of aromatic nitrogens is 3. The van der Waals surface area contributed by atoms with Gasteiger partial charge in [0.2, 0.25) is 0 Å². The summed E-state index contributed by atoms with van der Waals surface area (Å²) < 4.78 is 6.66. The van der Waals surface area contributed by atoms with Gasteiger partial charge in [-0.05, 0) is 6.07 Å². The third-order valence-corrected chi connectivity index (χ3v) is 1.72. The molecule has 0 aliphatic heterocycles. The van der Waals surface area contributed by atoms with Crippen molar-refractivity contribution in [2.24, 2.45) is 5.73 Å². The number of nitrogens with zero attached hydrogens (tertiary/aromatic N) is 3. The van der Waals surface area contributed by atoms with E-state index in [1.165, 1.54) is 0 Å². The quantitative estimate of drug-likeness (QED) is 0.737. The van der Waals surface area contributed by atoms with Gasteiger partial charge in [0.1, 0.15) is 0 Å². The first kappa shape index (κ1) is 8.00. The molecule has 2 aromatic rings. The molecule has 2 aromatic heterocycles. The highest BCUT2D eigenvalue weighted by Crippen LogP contribution is 2.02. The molecule has 0 unspecified atom stereocenters. The van der Waals surface area contributed by atoms with Gasteiger partial charge in [-0.1, -0.05) is 5.21 Å². The largest absolute Gasteiger partial charge is 0.472 e. The zero-order valence-electron chi connectivity index (χ0n) is 7.05. The number of hydrogen-bond acceptors (Lipinski definition) is 4. The van der Waals surface area contributed by atoms with E-state index in [1.54, 1.807) is 17.2 Å². The third-order valence-electron chi connectivity index (χ3n) is 1.72. The van der Waals surface area contributed by atoms with E-state index in [0.29, 0.717) is 13.1 Å². The molecule has 0 saturated heterocycles. The minimum atomic E-state index is 0.422. The van der Waals surface area contributed by atoms with Gasteiger partial charge >= 0.3 is 0 Å². The lowest BCUT2D eigenvalue weighted by atomic mass is 10.3. The highest BCUT2D eigenvalue weighted by molar-refractivity contribution is 5.06. The van der Waals surface area contributed by atoms with Crippen LogP contribution < -0.4 is 5.73 Å². The molecule has 0 saturated carbocycles. The van der Waals surface area contributed by atoms with Crippen LogP contribution in [-0.2, 0) is 13.1 Å². The second kappa shape index (κ2) is 3.40. The molecule has 5 nitrogen and oxygen atoms in total. The zero-order valence-corrected chi connectivity index (χ0v) is 7.05. The molecule has 0 aromatic carbocycles. The molecule has 0 spiro atoms. The van der Waals surface area contributed by atoms with Gasteiger partial charge in [-0.25, -0.2) is 4.68 Å². The van der Waals surface area contributed by atoms with Crippen molar-refractivity contribution in [1.29, 1.82) is 0 Å². The van der Waals surface area contributed by atoms with Crippen molar-refractivity contribution in [2.75, 3.05) is 0 Å². The Morgan fingerprint density at radius 1 is 1.54 bits per heavy atom. The highest BCUT2D eigenvalue weighted by atomic mass is 16.3. The minimum absolute atomic E-state index is 0.422. The van der Waals surface area contributed by atoms with Crippen molar-refractivity contribution in [2.45, 2.75) is 13.1 Å². The smallest absolute Gasteiger partial charge is 0.0962 e. The van der Waals surface area contributed by atoms with Crippen molar-refractivity contribution < 1.29 is 4.42 Å². The van der Waals surface area contributed by atoms with Crippen molar-refractivity contribution in [3.05, 3.63) is 36.0 Å². The molecule has 13 heavy (non-hydrogen) atoms. The third kappa shape index (κ3) is 1.75. The zero-order chi connectivity index (χ0) is 9.10. The van der Waals surface area contributed by atoms with Crippen LogP contribution >= 0.6 is 0 Å². The molecule has 0 bridgehead atoms. The molecule has 0 radical (unpaired) electrons. The van der Waals surface area contributed by atoms with Crippen LogP contribution in [0.1, 0.15) is 11.3 Å². The Hall–Kier alpha value is -1.62. The molecule has 0 aliphatic rings. The maximum atomic E-state index is 5.40. The summed E-state index contributed by atoms with van der Waals surface area (Å²) in [6.07, 6.45) is 5.15. The molecule has 2 heterocycles. The van der Waals surface area contributed by atoms with Crippen LogP contribution in [0.15, 0.2) is 29.2 Å². The number of nitrogens with two attached hydrogens (primary N) is 1. The van der Waals surface area contributed by atoms with Gasteiger partial charge < -0.3 is 10.2 Å². The molecule has 2 rings (SSSR count). The summed E-state index contributed by atoms with van der Waals surface area (Å²) in [4.78, 5) is 0. The first-order valence-electron chi connectivity index (χ1n) is 3.98. The van der Waals surface area contributed by atoms with Crippen LogP contribution in [0.5, 0.6) is 0 Å². The lowest BCUT2D eigenvalue weighted by Crippen LogP contribution is -1.99. The summed E-state index contributed by atoms with van der Waals surface area (Å²) in [6, 6.07) is 1.89. The summed E-state index contributed by atoms with van der Waals surface area (Å²) in [5.41, 5.74) is 7.26.